The van der Waals surface area contributed by atoms with Crippen LogP contribution in [-0.2, 0) is 4.74 Å². The zero-order valence-corrected chi connectivity index (χ0v) is 8.13. The summed E-state index contributed by atoms with van der Waals surface area (Å²) in [5, 5.41) is 1.14. The molecule has 2 rings (SSSR count). The molecule has 0 spiro atoms. The number of carbonyl (C=O) groups is 1. The van der Waals surface area contributed by atoms with Gasteiger partial charge in [0.15, 0.2) is 0 Å². The van der Waals surface area contributed by atoms with Crippen LogP contribution in [0.2, 0.25) is 0 Å². The minimum Gasteiger partial charge on any atom is -0.465 e. The lowest BCUT2D eigenvalue weighted by Gasteiger charge is -2.02. The van der Waals surface area contributed by atoms with Crippen molar-refractivity contribution < 1.29 is 9.53 Å². The van der Waals surface area contributed by atoms with Crippen molar-refractivity contribution in [2.75, 3.05) is 7.11 Å². The number of benzene rings is 1. The van der Waals surface area contributed by atoms with Crippen LogP contribution in [-0.4, -0.2) is 18.1 Å². The number of aromatic amines is 1. The highest BCUT2D eigenvalue weighted by Gasteiger charge is 2.08. The largest absolute Gasteiger partial charge is 0.465 e. The summed E-state index contributed by atoms with van der Waals surface area (Å²) in [4.78, 5) is 14.4. The summed E-state index contributed by atoms with van der Waals surface area (Å²) in [5.74, 6) is -0.301. The van der Waals surface area contributed by atoms with E-state index >= 15 is 0 Å². The number of esters is 1. The third-order valence-electron chi connectivity index (χ3n) is 2.30. The van der Waals surface area contributed by atoms with E-state index in [1.165, 1.54) is 7.11 Å². The predicted molar refractivity (Wildman–Crippen MR) is 54.4 cm³/mol. The zero-order chi connectivity index (χ0) is 10.1. The second kappa shape index (κ2) is 3.18. The van der Waals surface area contributed by atoms with Crippen LogP contribution in [0, 0.1) is 6.92 Å². The minimum atomic E-state index is -0.301. The highest BCUT2D eigenvalue weighted by molar-refractivity contribution is 5.95. The van der Waals surface area contributed by atoms with Crippen molar-refractivity contribution in [3.05, 3.63) is 35.5 Å². The first-order valence-electron chi connectivity index (χ1n) is 4.38. The highest BCUT2D eigenvalue weighted by Crippen LogP contribution is 2.19. The number of carbonyl (C=O) groups excluding carboxylic acids is 1. The summed E-state index contributed by atoms with van der Waals surface area (Å²) in [6.45, 7) is 1.97. The molecule has 0 saturated heterocycles. The molecule has 0 aliphatic carbocycles. The Bertz CT molecular complexity index is 485. The molecule has 0 amide bonds. The van der Waals surface area contributed by atoms with E-state index in [4.69, 9.17) is 0 Å². The Balaban J connectivity index is 2.64. The van der Waals surface area contributed by atoms with Gasteiger partial charge in [-0.15, -0.1) is 0 Å². The number of fused-ring (bicyclic) bond motifs is 1. The Morgan fingerprint density at radius 2 is 2.21 bits per heavy atom. The van der Waals surface area contributed by atoms with E-state index in [9.17, 15) is 4.79 Å². The molecule has 0 aliphatic rings. The molecule has 3 nitrogen and oxygen atoms in total. The van der Waals surface area contributed by atoms with Gasteiger partial charge in [-0.05, 0) is 30.7 Å². The van der Waals surface area contributed by atoms with E-state index in [1.807, 2.05) is 25.3 Å². The van der Waals surface area contributed by atoms with Crippen molar-refractivity contribution in [1.82, 2.24) is 4.98 Å². The third kappa shape index (κ3) is 1.27. The Kier molecular flexibility index (Phi) is 2.00. The second-order valence-corrected chi connectivity index (χ2v) is 3.22. The van der Waals surface area contributed by atoms with E-state index in [-0.39, 0.29) is 5.97 Å². The van der Waals surface area contributed by atoms with Crippen LogP contribution in [0.3, 0.4) is 0 Å². The smallest absolute Gasteiger partial charge is 0.337 e. The molecule has 0 fully saturated rings. The van der Waals surface area contributed by atoms with Crippen LogP contribution in [0.15, 0.2) is 24.4 Å². The number of rotatable bonds is 1. The number of nitrogens with one attached hydrogen (secondary N) is 1. The monoisotopic (exact) mass is 189 g/mol. The molecule has 0 atom stereocenters. The molecule has 1 aromatic heterocycles. The maximum atomic E-state index is 11.3. The average molecular weight is 189 g/mol. The van der Waals surface area contributed by atoms with Crippen molar-refractivity contribution in [2.24, 2.45) is 0 Å². The molecule has 0 aliphatic heterocycles. The zero-order valence-electron chi connectivity index (χ0n) is 8.13. The van der Waals surface area contributed by atoms with Gasteiger partial charge in [-0.2, -0.15) is 0 Å². The number of aromatic nitrogens is 1. The van der Waals surface area contributed by atoms with Crippen LogP contribution in [0.5, 0.6) is 0 Å². The maximum Gasteiger partial charge on any atom is 0.337 e. The predicted octanol–water partition coefficient (Wildman–Crippen LogP) is 2.26. The van der Waals surface area contributed by atoms with Crippen LogP contribution in [0.4, 0.5) is 0 Å². The van der Waals surface area contributed by atoms with Gasteiger partial charge in [0.05, 0.1) is 12.7 Å². The van der Waals surface area contributed by atoms with Gasteiger partial charge in [0.2, 0.25) is 0 Å². The molecule has 0 saturated carbocycles. The lowest BCUT2D eigenvalue weighted by atomic mass is 10.1. The van der Waals surface area contributed by atoms with E-state index < -0.39 is 0 Å². The standard InChI is InChI=1S/C11H11NO2/c1-7-5-8(11(13)14-2)6-10-9(7)3-4-12-10/h3-6,12H,1-2H3. The molecule has 14 heavy (non-hydrogen) atoms. The molecule has 2 aromatic rings. The molecule has 0 radical (unpaired) electrons. The summed E-state index contributed by atoms with van der Waals surface area (Å²) in [7, 11) is 1.39. The molecule has 1 aromatic carbocycles. The van der Waals surface area contributed by atoms with Crippen molar-refractivity contribution in [3.63, 3.8) is 0 Å². The summed E-state index contributed by atoms with van der Waals surface area (Å²) < 4.78 is 4.66. The molecular weight excluding hydrogens is 178 g/mol. The molecular formula is C11H11NO2. The van der Waals surface area contributed by atoms with Crippen LogP contribution >= 0.6 is 0 Å². The van der Waals surface area contributed by atoms with Crippen LogP contribution < -0.4 is 0 Å². The molecule has 0 bridgehead atoms. The average Bonchev–Trinajstić information content (AvgIpc) is 2.64. The van der Waals surface area contributed by atoms with Crippen molar-refractivity contribution in [3.8, 4) is 0 Å². The topological polar surface area (TPSA) is 42.1 Å². The van der Waals surface area contributed by atoms with Crippen molar-refractivity contribution >= 4 is 16.9 Å². The fraction of sp³-hybridized carbons (Fsp3) is 0.182. The first-order valence-corrected chi connectivity index (χ1v) is 4.38. The molecule has 72 valence electrons. The second-order valence-electron chi connectivity index (χ2n) is 3.22. The van der Waals surface area contributed by atoms with Gasteiger partial charge in [0.25, 0.3) is 0 Å². The number of H-pyrrole nitrogens is 1. The van der Waals surface area contributed by atoms with Gasteiger partial charge >= 0.3 is 5.97 Å². The van der Waals surface area contributed by atoms with Gasteiger partial charge in [0.1, 0.15) is 0 Å². The normalized spacial score (nSPS) is 10.4. The fourth-order valence-electron chi connectivity index (χ4n) is 1.59. The summed E-state index contributed by atoms with van der Waals surface area (Å²) in [6, 6.07) is 5.63. The Hall–Kier alpha value is -1.77. The number of methoxy groups -OCH3 is 1. The maximum absolute atomic E-state index is 11.3. The van der Waals surface area contributed by atoms with E-state index in [2.05, 4.69) is 9.72 Å². The van der Waals surface area contributed by atoms with E-state index in [1.54, 1.807) is 6.07 Å². The van der Waals surface area contributed by atoms with Gasteiger partial charge < -0.3 is 9.72 Å². The van der Waals surface area contributed by atoms with E-state index in [0.717, 1.165) is 16.5 Å². The van der Waals surface area contributed by atoms with E-state index in [0.29, 0.717) is 5.56 Å². The quantitative estimate of drug-likeness (QED) is 0.699. The summed E-state index contributed by atoms with van der Waals surface area (Å²) >= 11 is 0. The highest BCUT2D eigenvalue weighted by atomic mass is 16.5. The first kappa shape index (κ1) is 8.81. The molecule has 3 heteroatoms. The lowest BCUT2D eigenvalue weighted by molar-refractivity contribution is 0.0601. The van der Waals surface area contributed by atoms with Gasteiger partial charge in [-0.3, -0.25) is 0 Å². The summed E-state index contributed by atoms with van der Waals surface area (Å²) in [6.07, 6.45) is 1.86. The summed E-state index contributed by atoms with van der Waals surface area (Å²) in [5.41, 5.74) is 2.62. The number of aryl methyl sites for hydroxylation is 1. The van der Waals surface area contributed by atoms with Gasteiger partial charge in [-0.25, -0.2) is 4.79 Å². The Morgan fingerprint density at radius 1 is 1.43 bits per heavy atom. The third-order valence-corrected chi connectivity index (χ3v) is 2.30. The van der Waals surface area contributed by atoms with Crippen molar-refractivity contribution in [2.45, 2.75) is 6.92 Å². The lowest BCUT2D eigenvalue weighted by Crippen LogP contribution is -2.01. The van der Waals surface area contributed by atoms with Gasteiger partial charge in [0, 0.05) is 17.1 Å². The van der Waals surface area contributed by atoms with Gasteiger partial charge in [-0.1, -0.05) is 0 Å². The van der Waals surface area contributed by atoms with Crippen LogP contribution in [0.25, 0.3) is 10.9 Å². The molecule has 0 unspecified atom stereocenters. The first-order chi connectivity index (χ1) is 6.72. The number of hydrogen-bond acceptors (Lipinski definition) is 2. The number of ether oxygens (including phenoxy) is 1. The van der Waals surface area contributed by atoms with Crippen molar-refractivity contribution in [1.29, 1.82) is 0 Å². The minimum absolute atomic E-state index is 0.301. The Labute approximate surface area is 81.7 Å². The fourth-order valence-corrected chi connectivity index (χ4v) is 1.59. The Morgan fingerprint density at radius 3 is 2.93 bits per heavy atom. The number of hydrogen-bond donors (Lipinski definition) is 1. The van der Waals surface area contributed by atoms with Crippen LogP contribution in [0.1, 0.15) is 15.9 Å². The SMILES string of the molecule is COC(=O)c1cc(C)c2cc[nH]c2c1. The molecule has 1 N–H and O–H groups in total. The molecule has 1 heterocycles.